The number of methoxy groups -OCH3 is 1. The van der Waals surface area contributed by atoms with Crippen molar-refractivity contribution in [3.8, 4) is 17.0 Å². The normalized spacial score (nSPS) is 10.2. The fourth-order valence-corrected chi connectivity index (χ4v) is 2.31. The minimum atomic E-state index is 0.861. The first-order valence-electron chi connectivity index (χ1n) is 5.68. The van der Waals surface area contributed by atoms with E-state index < -0.39 is 0 Å². The van der Waals surface area contributed by atoms with Gasteiger partial charge in [0, 0.05) is 17.5 Å². The van der Waals surface area contributed by atoms with Crippen molar-refractivity contribution in [1.82, 2.24) is 4.98 Å². The fourth-order valence-electron chi connectivity index (χ4n) is 1.57. The molecule has 2 aromatic rings. The second-order valence-corrected chi connectivity index (χ2v) is 4.52. The molecule has 1 heterocycles. The lowest BCUT2D eigenvalue weighted by Crippen LogP contribution is -1.98. The molecule has 90 valence electrons. The Kier molecular flexibility index (Phi) is 3.98. The van der Waals surface area contributed by atoms with E-state index in [1.807, 2.05) is 24.3 Å². The molecule has 0 aliphatic rings. The van der Waals surface area contributed by atoms with E-state index in [2.05, 4.69) is 22.6 Å². The predicted molar refractivity (Wildman–Crippen MR) is 72.9 cm³/mol. The second-order valence-electron chi connectivity index (χ2n) is 3.66. The molecule has 0 amide bonds. The van der Waals surface area contributed by atoms with Crippen molar-refractivity contribution in [2.24, 2.45) is 0 Å². The van der Waals surface area contributed by atoms with Crippen LogP contribution in [-0.4, -0.2) is 18.6 Å². The van der Waals surface area contributed by atoms with Gasteiger partial charge in [-0.15, -0.1) is 11.3 Å². The van der Waals surface area contributed by atoms with Gasteiger partial charge in [-0.1, -0.05) is 19.1 Å². The number of ether oxygens (including phenoxy) is 1. The Bertz CT molecular complexity index is 482. The van der Waals surface area contributed by atoms with Crippen molar-refractivity contribution in [2.45, 2.75) is 13.3 Å². The third-order valence-corrected chi connectivity index (χ3v) is 3.21. The number of hydrogen-bond donors (Lipinski definition) is 1. The van der Waals surface area contributed by atoms with Gasteiger partial charge in [0.25, 0.3) is 0 Å². The smallest absolute Gasteiger partial charge is 0.183 e. The van der Waals surface area contributed by atoms with Crippen LogP contribution in [0.1, 0.15) is 13.3 Å². The van der Waals surface area contributed by atoms with Crippen LogP contribution < -0.4 is 10.1 Å². The van der Waals surface area contributed by atoms with Gasteiger partial charge in [0.15, 0.2) is 5.13 Å². The van der Waals surface area contributed by atoms with E-state index in [0.717, 1.165) is 35.1 Å². The molecule has 0 atom stereocenters. The average Bonchev–Trinajstić information content (AvgIpc) is 2.85. The Balaban J connectivity index is 2.24. The van der Waals surface area contributed by atoms with Gasteiger partial charge in [0.1, 0.15) is 5.75 Å². The van der Waals surface area contributed by atoms with Crippen molar-refractivity contribution >= 4 is 16.5 Å². The molecule has 0 saturated heterocycles. The van der Waals surface area contributed by atoms with Crippen LogP contribution in [0.3, 0.4) is 0 Å². The Morgan fingerprint density at radius 3 is 2.94 bits per heavy atom. The lowest BCUT2D eigenvalue weighted by Gasteiger charge is -2.05. The number of rotatable bonds is 5. The van der Waals surface area contributed by atoms with Crippen LogP contribution in [0.15, 0.2) is 29.6 Å². The zero-order valence-electron chi connectivity index (χ0n) is 10.1. The summed E-state index contributed by atoms with van der Waals surface area (Å²) in [5, 5.41) is 6.31. The molecule has 0 bridgehead atoms. The zero-order chi connectivity index (χ0) is 12.1. The van der Waals surface area contributed by atoms with Crippen LogP contribution in [0.5, 0.6) is 5.75 Å². The molecule has 0 radical (unpaired) electrons. The summed E-state index contributed by atoms with van der Waals surface area (Å²) in [4.78, 5) is 4.55. The minimum absolute atomic E-state index is 0.861. The van der Waals surface area contributed by atoms with Crippen molar-refractivity contribution in [2.75, 3.05) is 19.0 Å². The summed E-state index contributed by atoms with van der Waals surface area (Å²) in [6, 6.07) is 7.94. The molecule has 3 nitrogen and oxygen atoms in total. The third-order valence-electron chi connectivity index (χ3n) is 2.41. The molecule has 2 rings (SSSR count). The Labute approximate surface area is 105 Å². The molecule has 4 heteroatoms. The molecule has 0 fully saturated rings. The molecule has 0 aliphatic heterocycles. The maximum absolute atomic E-state index is 5.33. The Morgan fingerprint density at radius 2 is 2.18 bits per heavy atom. The van der Waals surface area contributed by atoms with Crippen molar-refractivity contribution < 1.29 is 4.74 Å². The summed E-state index contributed by atoms with van der Waals surface area (Å²) < 4.78 is 5.33. The molecular formula is C13H16N2OS. The standard InChI is InChI=1S/C13H16N2OS/c1-3-8-14-13-15-11(9-17-13)10-6-4-5-7-12(10)16-2/h4-7,9H,3,8H2,1-2H3,(H,14,15). The van der Waals surface area contributed by atoms with E-state index in [4.69, 9.17) is 4.74 Å². The van der Waals surface area contributed by atoms with Gasteiger partial charge in [-0.25, -0.2) is 4.98 Å². The fraction of sp³-hybridized carbons (Fsp3) is 0.308. The average molecular weight is 248 g/mol. The number of anilines is 1. The zero-order valence-corrected chi connectivity index (χ0v) is 10.9. The molecule has 0 unspecified atom stereocenters. The highest BCUT2D eigenvalue weighted by atomic mass is 32.1. The molecule has 1 N–H and O–H groups in total. The first-order chi connectivity index (χ1) is 8.35. The number of para-hydroxylation sites is 1. The van der Waals surface area contributed by atoms with Gasteiger partial charge >= 0.3 is 0 Å². The second kappa shape index (κ2) is 5.68. The predicted octanol–water partition coefficient (Wildman–Crippen LogP) is 3.64. The highest BCUT2D eigenvalue weighted by Crippen LogP contribution is 2.31. The van der Waals surface area contributed by atoms with Crippen LogP contribution in [0, 0.1) is 0 Å². The van der Waals surface area contributed by atoms with Crippen LogP contribution in [0.25, 0.3) is 11.3 Å². The lowest BCUT2D eigenvalue weighted by atomic mass is 10.1. The van der Waals surface area contributed by atoms with Crippen molar-refractivity contribution in [1.29, 1.82) is 0 Å². The minimum Gasteiger partial charge on any atom is -0.496 e. The van der Waals surface area contributed by atoms with E-state index in [9.17, 15) is 0 Å². The van der Waals surface area contributed by atoms with E-state index in [-0.39, 0.29) is 0 Å². The summed E-state index contributed by atoms with van der Waals surface area (Å²) >= 11 is 1.63. The first kappa shape index (κ1) is 11.9. The largest absolute Gasteiger partial charge is 0.496 e. The highest BCUT2D eigenvalue weighted by molar-refractivity contribution is 7.14. The molecule has 1 aromatic carbocycles. The van der Waals surface area contributed by atoms with Crippen LogP contribution in [0.4, 0.5) is 5.13 Å². The monoisotopic (exact) mass is 248 g/mol. The summed E-state index contributed by atoms with van der Waals surface area (Å²) in [6.07, 6.45) is 1.10. The molecule has 0 aliphatic carbocycles. The molecule has 17 heavy (non-hydrogen) atoms. The van der Waals surface area contributed by atoms with Crippen LogP contribution in [-0.2, 0) is 0 Å². The van der Waals surface area contributed by atoms with Crippen molar-refractivity contribution in [3.63, 3.8) is 0 Å². The van der Waals surface area contributed by atoms with Gasteiger partial charge in [0.05, 0.1) is 12.8 Å². The van der Waals surface area contributed by atoms with Crippen LogP contribution >= 0.6 is 11.3 Å². The van der Waals surface area contributed by atoms with E-state index in [0.29, 0.717) is 0 Å². The third kappa shape index (κ3) is 2.77. The summed E-state index contributed by atoms with van der Waals surface area (Å²) in [7, 11) is 1.68. The van der Waals surface area contributed by atoms with Crippen LogP contribution in [0.2, 0.25) is 0 Å². The Morgan fingerprint density at radius 1 is 1.35 bits per heavy atom. The summed E-state index contributed by atoms with van der Waals surface area (Å²) in [6.45, 7) is 3.10. The molecular weight excluding hydrogens is 232 g/mol. The summed E-state index contributed by atoms with van der Waals surface area (Å²) in [5.41, 5.74) is 2.00. The number of benzene rings is 1. The van der Waals surface area contributed by atoms with E-state index >= 15 is 0 Å². The highest BCUT2D eigenvalue weighted by Gasteiger charge is 2.08. The van der Waals surface area contributed by atoms with Gasteiger partial charge in [-0.05, 0) is 18.6 Å². The number of nitrogens with one attached hydrogen (secondary N) is 1. The van der Waals surface area contributed by atoms with E-state index in [1.165, 1.54) is 0 Å². The summed E-state index contributed by atoms with van der Waals surface area (Å²) in [5.74, 6) is 0.861. The lowest BCUT2D eigenvalue weighted by molar-refractivity contribution is 0.416. The number of thiazole rings is 1. The van der Waals surface area contributed by atoms with Gasteiger partial charge in [-0.2, -0.15) is 0 Å². The number of aromatic nitrogens is 1. The molecule has 1 aromatic heterocycles. The maximum Gasteiger partial charge on any atom is 0.183 e. The number of nitrogens with zero attached hydrogens (tertiary/aromatic N) is 1. The SMILES string of the molecule is CCCNc1nc(-c2ccccc2OC)cs1. The number of hydrogen-bond acceptors (Lipinski definition) is 4. The van der Waals surface area contributed by atoms with Gasteiger partial charge < -0.3 is 10.1 Å². The molecule has 0 spiro atoms. The van der Waals surface area contributed by atoms with E-state index in [1.54, 1.807) is 18.4 Å². The maximum atomic E-state index is 5.33. The Hall–Kier alpha value is -1.55. The topological polar surface area (TPSA) is 34.2 Å². The van der Waals surface area contributed by atoms with Gasteiger partial charge in [-0.3, -0.25) is 0 Å². The molecule has 0 saturated carbocycles. The quantitative estimate of drug-likeness (QED) is 0.877. The van der Waals surface area contributed by atoms with Gasteiger partial charge in [0.2, 0.25) is 0 Å². The van der Waals surface area contributed by atoms with Crippen molar-refractivity contribution in [3.05, 3.63) is 29.6 Å². The first-order valence-corrected chi connectivity index (χ1v) is 6.56.